The Bertz CT molecular complexity index is 751. The number of nitrogens with two attached hydrogens (primary N) is 1. The number of nitrogens with zero attached hydrogens (tertiary/aromatic N) is 1. The summed E-state index contributed by atoms with van der Waals surface area (Å²) in [6.45, 7) is 1.92. The monoisotopic (exact) mass is 312 g/mol. The Hall–Kier alpha value is -3.20. The number of benzene rings is 2. The number of carbonyl (C=O) groups excluding carboxylic acids is 1. The molecule has 118 valence electrons. The van der Waals surface area contributed by atoms with Crippen molar-refractivity contribution in [2.75, 3.05) is 12.3 Å². The molecule has 6 heteroatoms. The van der Waals surface area contributed by atoms with Gasteiger partial charge in [-0.25, -0.2) is 4.79 Å². The highest BCUT2D eigenvalue weighted by Gasteiger charge is 2.22. The molecule has 0 aliphatic rings. The molecule has 0 saturated carbocycles. The fourth-order valence-electron chi connectivity index (χ4n) is 2.00. The minimum atomic E-state index is -0.744. The first-order valence-electron chi connectivity index (χ1n) is 6.97. The van der Waals surface area contributed by atoms with Gasteiger partial charge in [0.15, 0.2) is 11.5 Å². The van der Waals surface area contributed by atoms with Gasteiger partial charge in [0.1, 0.15) is 18.2 Å². The zero-order chi connectivity index (χ0) is 16.8. The molecule has 2 rings (SSSR count). The van der Waals surface area contributed by atoms with E-state index in [0.717, 1.165) is 5.56 Å². The second-order valence-electron chi connectivity index (χ2n) is 4.67. The van der Waals surface area contributed by atoms with Gasteiger partial charge in [-0.05, 0) is 18.6 Å². The lowest BCUT2D eigenvalue weighted by Crippen LogP contribution is -2.09. The largest absolute Gasteiger partial charge is 0.504 e. The average molecular weight is 312 g/mol. The van der Waals surface area contributed by atoms with Crippen molar-refractivity contribution in [1.82, 2.24) is 0 Å². The summed E-state index contributed by atoms with van der Waals surface area (Å²) < 4.78 is 10.4. The molecule has 0 bridgehead atoms. The molecule has 0 aromatic heterocycles. The summed E-state index contributed by atoms with van der Waals surface area (Å²) in [6.07, 6.45) is 0. The van der Waals surface area contributed by atoms with Crippen LogP contribution in [-0.2, 0) is 11.3 Å². The number of carbonyl (C=O) groups is 1. The van der Waals surface area contributed by atoms with Gasteiger partial charge in [0, 0.05) is 0 Å². The van der Waals surface area contributed by atoms with E-state index in [9.17, 15) is 9.90 Å². The normalized spacial score (nSPS) is 9.91. The summed E-state index contributed by atoms with van der Waals surface area (Å²) in [5.74, 6) is -1.28. The van der Waals surface area contributed by atoms with E-state index in [1.165, 1.54) is 6.07 Å². The van der Waals surface area contributed by atoms with Gasteiger partial charge in [-0.15, -0.1) is 0 Å². The maximum absolute atomic E-state index is 11.9. The molecular weight excluding hydrogens is 296 g/mol. The molecule has 0 saturated heterocycles. The van der Waals surface area contributed by atoms with E-state index in [0.29, 0.717) is 0 Å². The molecule has 0 fully saturated rings. The second-order valence-corrected chi connectivity index (χ2v) is 4.67. The molecule has 0 atom stereocenters. The third kappa shape index (κ3) is 3.52. The van der Waals surface area contributed by atoms with Gasteiger partial charge < -0.3 is 20.3 Å². The Morgan fingerprint density at radius 1 is 1.35 bits per heavy atom. The van der Waals surface area contributed by atoms with E-state index < -0.39 is 11.7 Å². The highest BCUT2D eigenvalue weighted by molar-refractivity contribution is 5.95. The van der Waals surface area contributed by atoms with E-state index in [1.54, 1.807) is 6.92 Å². The number of ether oxygens (including phenoxy) is 2. The molecule has 0 unspecified atom stereocenters. The lowest BCUT2D eigenvalue weighted by atomic mass is 10.1. The average Bonchev–Trinajstić information content (AvgIpc) is 2.56. The number of esters is 1. The lowest BCUT2D eigenvalue weighted by molar-refractivity contribution is 0.0522. The third-order valence-electron chi connectivity index (χ3n) is 3.14. The van der Waals surface area contributed by atoms with Crippen LogP contribution >= 0.6 is 0 Å². The third-order valence-corrected chi connectivity index (χ3v) is 3.14. The second kappa shape index (κ2) is 7.18. The van der Waals surface area contributed by atoms with Crippen LogP contribution in [-0.4, -0.2) is 17.7 Å². The van der Waals surface area contributed by atoms with Crippen LogP contribution in [0, 0.1) is 11.3 Å². The van der Waals surface area contributed by atoms with E-state index in [4.69, 9.17) is 20.5 Å². The van der Waals surface area contributed by atoms with Crippen molar-refractivity contribution in [3.63, 3.8) is 0 Å². The topological polar surface area (TPSA) is 106 Å². The minimum Gasteiger partial charge on any atom is -0.504 e. The number of rotatable bonds is 5. The summed E-state index contributed by atoms with van der Waals surface area (Å²) in [4.78, 5) is 11.9. The van der Waals surface area contributed by atoms with Crippen molar-refractivity contribution in [2.24, 2.45) is 0 Å². The number of phenols is 1. The van der Waals surface area contributed by atoms with Crippen molar-refractivity contribution in [1.29, 1.82) is 5.26 Å². The van der Waals surface area contributed by atoms with Gasteiger partial charge in [0.25, 0.3) is 0 Å². The van der Waals surface area contributed by atoms with Gasteiger partial charge >= 0.3 is 5.97 Å². The van der Waals surface area contributed by atoms with E-state index in [-0.39, 0.29) is 35.8 Å². The Morgan fingerprint density at radius 2 is 2.04 bits per heavy atom. The zero-order valence-corrected chi connectivity index (χ0v) is 12.6. The van der Waals surface area contributed by atoms with Crippen molar-refractivity contribution < 1.29 is 19.4 Å². The van der Waals surface area contributed by atoms with Gasteiger partial charge in [-0.2, -0.15) is 5.26 Å². The summed E-state index contributed by atoms with van der Waals surface area (Å²) in [7, 11) is 0. The zero-order valence-electron chi connectivity index (χ0n) is 12.6. The Morgan fingerprint density at radius 3 is 2.65 bits per heavy atom. The van der Waals surface area contributed by atoms with Crippen LogP contribution in [0.1, 0.15) is 28.4 Å². The van der Waals surface area contributed by atoms with Crippen LogP contribution in [0.2, 0.25) is 0 Å². The fourth-order valence-corrected chi connectivity index (χ4v) is 2.00. The highest BCUT2D eigenvalue weighted by atomic mass is 16.5. The predicted octanol–water partition coefficient (Wildman–Crippen LogP) is 2.60. The number of aromatic hydroxyl groups is 1. The summed E-state index contributed by atoms with van der Waals surface area (Å²) in [6, 6.07) is 12.3. The Kier molecular flexibility index (Phi) is 5.05. The van der Waals surface area contributed by atoms with E-state index in [1.807, 2.05) is 36.4 Å². The van der Waals surface area contributed by atoms with Crippen molar-refractivity contribution in [3.05, 3.63) is 53.1 Å². The van der Waals surface area contributed by atoms with E-state index in [2.05, 4.69) is 0 Å². The Balaban J connectivity index is 2.39. The quantitative estimate of drug-likeness (QED) is 0.649. The van der Waals surface area contributed by atoms with Gasteiger partial charge in [0.05, 0.1) is 17.9 Å². The SMILES string of the molecule is CCOC(=O)c1cc(C#N)c(N)c(OCc2ccccc2)c1O. The highest BCUT2D eigenvalue weighted by Crippen LogP contribution is 2.39. The van der Waals surface area contributed by atoms with Gasteiger partial charge in [-0.3, -0.25) is 0 Å². The summed E-state index contributed by atoms with van der Waals surface area (Å²) in [5, 5.41) is 19.4. The minimum absolute atomic E-state index is 0.0195. The number of phenolic OH excluding ortho intramolecular Hbond substituents is 1. The van der Waals surface area contributed by atoms with Crippen LogP contribution in [0.15, 0.2) is 36.4 Å². The smallest absolute Gasteiger partial charge is 0.342 e. The molecule has 0 radical (unpaired) electrons. The predicted molar refractivity (Wildman–Crippen MR) is 84.0 cm³/mol. The molecule has 0 spiro atoms. The van der Waals surface area contributed by atoms with Crippen LogP contribution in [0.25, 0.3) is 0 Å². The summed E-state index contributed by atoms with van der Waals surface area (Å²) in [5.41, 5.74) is 6.56. The molecule has 0 amide bonds. The van der Waals surface area contributed by atoms with Crippen molar-refractivity contribution in [3.8, 4) is 17.6 Å². The maximum Gasteiger partial charge on any atom is 0.342 e. The number of hydrogen-bond donors (Lipinski definition) is 2. The first kappa shape index (κ1) is 16.2. The molecule has 0 aliphatic heterocycles. The Labute approximate surface area is 133 Å². The number of anilines is 1. The molecule has 2 aromatic rings. The van der Waals surface area contributed by atoms with Crippen LogP contribution in [0.4, 0.5) is 5.69 Å². The van der Waals surface area contributed by atoms with E-state index >= 15 is 0 Å². The van der Waals surface area contributed by atoms with Crippen LogP contribution < -0.4 is 10.5 Å². The molecule has 23 heavy (non-hydrogen) atoms. The molecule has 2 aromatic carbocycles. The van der Waals surface area contributed by atoms with Crippen molar-refractivity contribution in [2.45, 2.75) is 13.5 Å². The first-order chi connectivity index (χ1) is 11.1. The maximum atomic E-state index is 11.9. The molecule has 0 aliphatic carbocycles. The fraction of sp³-hybridized carbons (Fsp3) is 0.176. The number of nitrogen functional groups attached to an aromatic ring is 1. The van der Waals surface area contributed by atoms with Crippen LogP contribution in [0.3, 0.4) is 0 Å². The van der Waals surface area contributed by atoms with Gasteiger partial charge in [-0.1, -0.05) is 30.3 Å². The van der Waals surface area contributed by atoms with Crippen molar-refractivity contribution >= 4 is 11.7 Å². The first-order valence-corrected chi connectivity index (χ1v) is 6.97. The standard InChI is InChI=1S/C17H16N2O4/c1-2-22-17(21)13-8-12(9-18)14(19)16(15(13)20)23-10-11-6-4-3-5-7-11/h3-8,20H,2,10,19H2,1H3. The van der Waals surface area contributed by atoms with Gasteiger partial charge in [0.2, 0.25) is 0 Å². The number of hydrogen-bond acceptors (Lipinski definition) is 6. The molecular formula is C17H16N2O4. The molecule has 6 nitrogen and oxygen atoms in total. The molecule has 0 heterocycles. The lowest BCUT2D eigenvalue weighted by Gasteiger charge is -2.14. The van der Waals surface area contributed by atoms with Crippen LogP contribution in [0.5, 0.6) is 11.5 Å². The molecule has 3 N–H and O–H groups in total. The number of nitriles is 1. The summed E-state index contributed by atoms with van der Waals surface area (Å²) >= 11 is 0.